The van der Waals surface area contributed by atoms with Crippen LogP contribution in [0.5, 0.6) is 0 Å². The van der Waals surface area contributed by atoms with Gasteiger partial charge in [0.15, 0.2) is 0 Å². The highest BCUT2D eigenvalue weighted by Crippen LogP contribution is 2.24. The number of rotatable bonds is 6. The zero-order valence-corrected chi connectivity index (χ0v) is 10.8. The maximum absolute atomic E-state index is 11.1. The number of nitrogens with zero attached hydrogens (tertiary/aromatic N) is 1. The predicted molar refractivity (Wildman–Crippen MR) is 66.3 cm³/mol. The third-order valence-corrected chi connectivity index (χ3v) is 3.85. The molecule has 1 rings (SSSR count). The van der Waals surface area contributed by atoms with Crippen molar-refractivity contribution in [2.45, 2.75) is 12.8 Å². The molecule has 2 unspecified atom stereocenters. The molecule has 0 bridgehead atoms. The summed E-state index contributed by atoms with van der Waals surface area (Å²) in [7, 11) is 0. The molecule has 1 aliphatic rings. The Labute approximate surface area is 105 Å². The number of piperidine rings is 1. The second kappa shape index (κ2) is 6.86. The molecule has 1 heterocycles. The highest BCUT2D eigenvalue weighted by atomic mass is 32.2. The minimum Gasteiger partial charge on any atom is -0.481 e. The molecule has 1 saturated heterocycles. The minimum atomic E-state index is -0.994. The van der Waals surface area contributed by atoms with Crippen LogP contribution in [0.1, 0.15) is 12.8 Å². The molecular weight excluding hydrogens is 242 g/mol. The number of hydrogen-bond donors (Lipinski definition) is 2. The van der Waals surface area contributed by atoms with Crippen LogP contribution in [0.4, 0.5) is 0 Å². The van der Waals surface area contributed by atoms with Crippen molar-refractivity contribution in [2.75, 3.05) is 31.6 Å². The summed E-state index contributed by atoms with van der Waals surface area (Å²) in [6.07, 6.45) is 3.49. The lowest BCUT2D eigenvalue weighted by Crippen LogP contribution is -2.46. The molecule has 0 aromatic carbocycles. The molecule has 5 nitrogen and oxygen atoms in total. The van der Waals surface area contributed by atoms with Crippen molar-refractivity contribution in [2.24, 2.45) is 11.8 Å². The van der Waals surface area contributed by atoms with Gasteiger partial charge in [0.25, 0.3) is 0 Å². The predicted octanol–water partition coefficient (Wildman–Crippen LogP) is 0.847. The van der Waals surface area contributed by atoms with Gasteiger partial charge in [0.2, 0.25) is 0 Å². The van der Waals surface area contributed by atoms with Crippen LogP contribution < -0.4 is 0 Å². The normalized spacial score (nSPS) is 25.7. The van der Waals surface area contributed by atoms with Crippen LogP contribution in [0, 0.1) is 11.8 Å². The van der Waals surface area contributed by atoms with Gasteiger partial charge in [-0.1, -0.05) is 0 Å². The van der Waals surface area contributed by atoms with Crippen LogP contribution in [0.25, 0.3) is 0 Å². The maximum atomic E-state index is 11.1. The van der Waals surface area contributed by atoms with Crippen molar-refractivity contribution in [1.82, 2.24) is 4.90 Å². The quantitative estimate of drug-likeness (QED) is 0.690. The summed E-state index contributed by atoms with van der Waals surface area (Å²) in [4.78, 5) is 24.1. The first-order chi connectivity index (χ1) is 8.06. The Hall–Kier alpha value is -0.750. The Bertz CT molecular complexity index is 285. The summed E-state index contributed by atoms with van der Waals surface area (Å²) < 4.78 is 0. The molecule has 0 aromatic heterocycles. The first-order valence-corrected chi connectivity index (χ1v) is 7.12. The third-order valence-electron chi connectivity index (χ3n) is 3.15. The van der Waals surface area contributed by atoms with E-state index < -0.39 is 23.8 Å². The van der Waals surface area contributed by atoms with Crippen molar-refractivity contribution >= 4 is 23.7 Å². The average molecular weight is 261 g/mol. The zero-order valence-electron chi connectivity index (χ0n) is 9.96. The van der Waals surface area contributed by atoms with E-state index in [4.69, 9.17) is 10.2 Å². The second-order valence-electron chi connectivity index (χ2n) is 4.33. The van der Waals surface area contributed by atoms with E-state index in [2.05, 4.69) is 4.90 Å². The van der Waals surface area contributed by atoms with E-state index in [1.54, 1.807) is 11.8 Å². The van der Waals surface area contributed by atoms with E-state index in [9.17, 15) is 9.59 Å². The van der Waals surface area contributed by atoms with Crippen molar-refractivity contribution in [3.8, 4) is 0 Å². The lowest BCUT2D eigenvalue weighted by atomic mass is 9.85. The van der Waals surface area contributed by atoms with Gasteiger partial charge in [0.1, 0.15) is 0 Å². The zero-order chi connectivity index (χ0) is 12.8. The fourth-order valence-electron chi connectivity index (χ4n) is 2.20. The Morgan fingerprint density at radius 3 is 2.47 bits per heavy atom. The molecule has 0 amide bonds. The number of aliphatic carboxylic acids is 2. The van der Waals surface area contributed by atoms with Crippen LogP contribution >= 0.6 is 11.8 Å². The van der Waals surface area contributed by atoms with E-state index in [0.717, 1.165) is 18.7 Å². The summed E-state index contributed by atoms with van der Waals surface area (Å²) >= 11 is 1.77. The Morgan fingerprint density at radius 2 is 1.94 bits per heavy atom. The lowest BCUT2D eigenvalue weighted by Gasteiger charge is -2.34. The van der Waals surface area contributed by atoms with Gasteiger partial charge in [-0.15, -0.1) is 0 Å². The average Bonchev–Trinajstić information content (AvgIpc) is 2.29. The third kappa shape index (κ3) is 4.20. The molecule has 1 aliphatic heterocycles. The van der Waals surface area contributed by atoms with Crippen LogP contribution in [0.3, 0.4) is 0 Å². The lowest BCUT2D eigenvalue weighted by molar-refractivity contribution is -0.157. The Morgan fingerprint density at radius 1 is 1.29 bits per heavy atom. The number of carbonyl (C=O) groups is 2. The summed E-state index contributed by atoms with van der Waals surface area (Å²) in [5.74, 6) is -2.43. The standard InChI is InChI=1S/C11H19NO4S/c1-17-6-2-4-12-5-3-8(10(13)14)9(7-12)11(15)16/h8-9H,2-7H2,1H3,(H,13,14)(H,15,16). The van der Waals surface area contributed by atoms with Gasteiger partial charge in [-0.05, 0) is 37.9 Å². The molecule has 0 aliphatic carbocycles. The molecule has 0 saturated carbocycles. The van der Waals surface area contributed by atoms with Gasteiger partial charge in [0.05, 0.1) is 11.8 Å². The minimum absolute atomic E-state index is 0.362. The number of carboxylic acids is 2. The van der Waals surface area contributed by atoms with Crippen molar-refractivity contribution < 1.29 is 19.8 Å². The van der Waals surface area contributed by atoms with Gasteiger partial charge in [-0.25, -0.2) is 0 Å². The molecule has 2 N–H and O–H groups in total. The fourth-order valence-corrected chi connectivity index (χ4v) is 2.62. The van der Waals surface area contributed by atoms with Crippen LogP contribution in [-0.4, -0.2) is 58.7 Å². The Balaban J connectivity index is 2.50. The number of hydrogen-bond acceptors (Lipinski definition) is 4. The number of carboxylic acid groups (broad SMARTS) is 2. The van der Waals surface area contributed by atoms with E-state index in [0.29, 0.717) is 19.5 Å². The first kappa shape index (κ1) is 14.3. The molecule has 1 fully saturated rings. The molecule has 0 aromatic rings. The number of likely N-dealkylation sites (tertiary alicyclic amines) is 1. The fraction of sp³-hybridized carbons (Fsp3) is 0.818. The summed E-state index contributed by atoms with van der Waals surface area (Å²) in [6.45, 7) is 1.91. The van der Waals surface area contributed by atoms with Gasteiger partial charge in [-0.3, -0.25) is 9.59 Å². The monoisotopic (exact) mass is 261 g/mol. The molecule has 98 valence electrons. The molecule has 17 heavy (non-hydrogen) atoms. The smallest absolute Gasteiger partial charge is 0.308 e. The van der Waals surface area contributed by atoms with Gasteiger partial charge >= 0.3 is 11.9 Å². The van der Waals surface area contributed by atoms with Crippen LogP contribution in [0.15, 0.2) is 0 Å². The van der Waals surface area contributed by atoms with Crippen LogP contribution in [0.2, 0.25) is 0 Å². The first-order valence-electron chi connectivity index (χ1n) is 5.73. The van der Waals surface area contributed by atoms with Crippen molar-refractivity contribution in [3.05, 3.63) is 0 Å². The van der Waals surface area contributed by atoms with Crippen molar-refractivity contribution in [1.29, 1.82) is 0 Å². The van der Waals surface area contributed by atoms with Gasteiger partial charge in [0, 0.05) is 6.54 Å². The van der Waals surface area contributed by atoms with Crippen LogP contribution in [-0.2, 0) is 9.59 Å². The van der Waals surface area contributed by atoms with E-state index in [1.807, 2.05) is 6.26 Å². The molecule has 6 heteroatoms. The van der Waals surface area contributed by atoms with Gasteiger partial charge < -0.3 is 15.1 Å². The van der Waals surface area contributed by atoms with Gasteiger partial charge in [-0.2, -0.15) is 11.8 Å². The maximum Gasteiger partial charge on any atom is 0.308 e. The van der Waals surface area contributed by atoms with E-state index in [1.165, 1.54) is 0 Å². The van der Waals surface area contributed by atoms with E-state index in [-0.39, 0.29) is 0 Å². The SMILES string of the molecule is CSCCCN1CCC(C(=O)O)C(C(=O)O)C1. The highest BCUT2D eigenvalue weighted by molar-refractivity contribution is 7.98. The summed E-state index contributed by atoms with van der Waals surface area (Å²) in [5, 5.41) is 18.0. The summed E-state index contributed by atoms with van der Waals surface area (Å²) in [5.41, 5.74) is 0. The van der Waals surface area contributed by atoms with E-state index >= 15 is 0 Å². The molecular formula is C11H19NO4S. The largest absolute Gasteiger partial charge is 0.481 e. The Kier molecular flexibility index (Phi) is 5.77. The topological polar surface area (TPSA) is 77.8 Å². The molecule has 2 atom stereocenters. The molecule has 0 radical (unpaired) electrons. The van der Waals surface area contributed by atoms with Crippen molar-refractivity contribution in [3.63, 3.8) is 0 Å². The highest BCUT2D eigenvalue weighted by Gasteiger charge is 2.38. The number of thioether (sulfide) groups is 1. The summed E-state index contributed by atoms with van der Waals surface area (Å²) in [6, 6.07) is 0. The molecule has 0 spiro atoms. The second-order valence-corrected chi connectivity index (χ2v) is 5.31.